The summed E-state index contributed by atoms with van der Waals surface area (Å²) >= 11 is 6.09. The van der Waals surface area contributed by atoms with Gasteiger partial charge in [0.15, 0.2) is 0 Å². The van der Waals surface area contributed by atoms with Crippen LogP contribution < -0.4 is 9.80 Å². The SMILES string of the molecule is CC(=O)N(c1ccc(Cl)cc1)[C@@H]1C[C@H](C)N(C(=O)c2ccc(CCCC(C)(C)C(=O)O)cc2)c2ccccc21. The van der Waals surface area contributed by atoms with E-state index < -0.39 is 11.4 Å². The summed E-state index contributed by atoms with van der Waals surface area (Å²) in [5, 5.41) is 9.93. The number of para-hydroxylation sites is 1. The van der Waals surface area contributed by atoms with Crippen LogP contribution in [0.2, 0.25) is 5.02 Å². The Balaban J connectivity index is 1.57. The van der Waals surface area contributed by atoms with Crippen molar-refractivity contribution in [1.82, 2.24) is 0 Å². The van der Waals surface area contributed by atoms with E-state index in [1.165, 1.54) is 0 Å². The molecule has 6 nitrogen and oxygen atoms in total. The van der Waals surface area contributed by atoms with Crippen molar-refractivity contribution in [2.75, 3.05) is 9.80 Å². The van der Waals surface area contributed by atoms with Crippen molar-refractivity contribution in [3.05, 3.63) is 94.5 Å². The van der Waals surface area contributed by atoms with E-state index in [0.717, 1.165) is 35.3 Å². The first-order chi connectivity index (χ1) is 18.5. The lowest BCUT2D eigenvalue weighted by atomic mass is 9.86. The number of hydrogen-bond donors (Lipinski definition) is 1. The molecule has 0 bridgehead atoms. The van der Waals surface area contributed by atoms with E-state index in [0.29, 0.717) is 23.4 Å². The van der Waals surface area contributed by atoms with Crippen LogP contribution in [0.5, 0.6) is 0 Å². The second kappa shape index (κ2) is 11.6. The first kappa shape index (κ1) is 28.4. The van der Waals surface area contributed by atoms with Crippen LogP contribution in [0.4, 0.5) is 11.4 Å². The van der Waals surface area contributed by atoms with E-state index in [2.05, 4.69) is 0 Å². The van der Waals surface area contributed by atoms with Gasteiger partial charge in [0.2, 0.25) is 5.91 Å². The van der Waals surface area contributed by atoms with Crippen LogP contribution in [0.1, 0.15) is 74.5 Å². The summed E-state index contributed by atoms with van der Waals surface area (Å²) in [6.07, 6.45) is 2.67. The van der Waals surface area contributed by atoms with Gasteiger partial charge in [-0.2, -0.15) is 0 Å². The lowest BCUT2D eigenvalue weighted by Crippen LogP contribution is -2.47. The molecule has 7 heteroatoms. The van der Waals surface area contributed by atoms with Crippen LogP contribution in [0.25, 0.3) is 0 Å². The largest absolute Gasteiger partial charge is 0.481 e. The highest BCUT2D eigenvalue weighted by Crippen LogP contribution is 2.43. The first-order valence-electron chi connectivity index (χ1n) is 13.3. The Morgan fingerprint density at radius 1 is 1.00 bits per heavy atom. The van der Waals surface area contributed by atoms with E-state index in [9.17, 15) is 19.5 Å². The number of carboxylic acid groups (broad SMARTS) is 1. The molecule has 2 amide bonds. The zero-order chi connectivity index (χ0) is 28.3. The monoisotopic (exact) mass is 546 g/mol. The molecule has 0 unspecified atom stereocenters. The number of halogens is 1. The van der Waals surface area contributed by atoms with Crippen LogP contribution in [-0.4, -0.2) is 28.9 Å². The maximum atomic E-state index is 13.8. The van der Waals surface area contributed by atoms with Gasteiger partial charge in [0.05, 0.1) is 11.5 Å². The molecule has 1 aliphatic heterocycles. The minimum absolute atomic E-state index is 0.0774. The fourth-order valence-electron chi connectivity index (χ4n) is 5.31. The van der Waals surface area contributed by atoms with Gasteiger partial charge >= 0.3 is 5.97 Å². The predicted octanol–water partition coefficient (Wildman–Crippen LogP) is 7.31. The molecule has 0 saturated heterocycles. The van der Waals surface area contributed by atoms with E-state index in [1.54, 1.807) is 37.8 Å². The number of carbonyl (C=O) groups excluding carboxylic acids is 2. The van der Waals surface area contributed by atoms with Crippen molar-refractivity contribution in [3.63, 3.8) is 0 Å². The Kier molecular flexibility index (Phi) is 8.45. The number of amides is 2. The second-order valence-corrected chi connectivity index (χ2v) is 11.4. The Morgan fingerprint density at radius 3 is 2.26 bits per heavy atom. The van der Waals surface area contributed by atoms with Crippen LogP contribution in [0.15, 0.2) is 72.8 Å². The molecule has 3 aromatic rings. The molecule has 0 spiro atoms. The van der Waals surface area contributed by atoms with Gasteiger partial charge in [-0.15, -0.1) is 0 Å². The molecule has 1 aliphatic rings. The zero-order valence-corrected chi connectivity index (χ0v) is 23.6. The number of carboxylic acids is 1. The van der Waals surface area contributed by atoms with E-state index in [1.807, 2.05) is 72.5 Å². The van der Waals surface area contributed by atoms with Crippen LogP contribution in [-0.2, 0) is 16.0 Å². The van der Waals surface area contributed by atoms with E-state index in [4.69, 9.17) is 11.6 Å². The second-order valence-electron chi connectivity index (χ2n) is 10.9. The van der Waals surface area contributed by atoms with Gasteiger partial charge in [-0.05, 0) is 100 Å². The number of aryl methyl sites for hydroxylation is 1. The molecular formula is C32H35ClN2O4. The van der Waals surface area contributed by atoms with Gasteiger partial charge in [0.1, 0.15) is 0 Å². The predicted molar refractivity (Wildman–Crippen MR) is 155 cm³/mol. The molecule has 0 aliphatic carbocycles. The molecule has 3 aromatic carbocycles. The van der Waals surface area contributed by atoms with Crippen LogP contribution in [0.3, 0.4) is 0 Å². The third kappa shape index (κ3) is 6.17. The van der Waals surface area contributed by atoms with Crippen molar-refractivity contribution in [2.24, 2.45) is 5.41 Å². The van der Waals surface area contributed by atoms with Gasteiger partial charge in [-0.25, -0.2) is 0 Å². The summed E-state index contributed by atoms with van der Waals surface area (Å²) in [7, 11) is 0. The topological polar surface area (TPSA) is 77.9 Å². The molecule has 0 radical (unpaired) electrons. The highest BCUT2D eigenvalue weighted by Gasteiger charge is 2.38. The number of nitrogens with zero attached hydrogens (tertiary/aromatic N) is 2. The Labute approximate surface area is 235 Å². The minimum atomic E-state index is -0.791. The third-order valence-electron chi connectivity index (χ3n) is 7.58. The molecule has 204 valence electrons. The number of fused-ring (bicyclic) bond motifs is 1. The fourth-order valence-corrected chi connectivity index (χ4v) is 5.44. The summed E-state index contributed by atoms with van der Waals surface area (Å²) in [4.78, 5) is 41.6. The number of anilines is 2. The third-order valence-corrected chi connectivity index (χ3v) is 7.83. The van der Waals surface area contributed by atoms with Crippen molar-refractivity contribution in [2.45, 2.75) is 65.5 Å². The molecule has 0 aromatic heterocycles. The molecule has 0 fully saturated rings. The first-order valence-corrected chi connectivity index (χ1v) is 13.7. The number of aliphatic carboxylic acids is 1. The Hall–Kier alpha value is -3.64. The normalized spacial score (nSPS) is 16.9. The summed E-state index contributed by atoms with van der Waals surface area (Å²) in [6, 6.07) is 22.2. The summed E-state index contributed by atoms with van der Waals surface area (Å²) in [6.45, 7) is 7.05. The average Bonchev–Trinajstić information content (AvgIpc) is 2.89. The van der Waals surface area contributed by atoms with Gasteiger partial charge in [-0.1, -0.05) is 41.9 Å². The highest BCUT2D eigenvalue weighted by atomic mass is 35.5. The van der Waals surface area contributed by atoms with Gasteiger partial charge < -0.3 is 14.9 Å². The standard InChI is InChI=1S/C32H35ClN2O4/c1-21-20-29(35(22(2)36)26-17-15-25(33)16-18-26)27-9-5-6-10-28(27)34(21)30(37)24-13-11-23(12-14-24)8-7-19-32(3,4)31(38)39/h5-6,9-18,21,29H,7-8,19-20H2,1-4H3,(H,38,39)/t21-,29+/m0/s1. The van der Waals surface area contributed by atoms with E-state index in [-0.39, 0.29) is 23.9 Å². The Morgan fingerprint density at radius 2 is 1.64 bits per heavy atom. The number of carbonyl (C=O) groups is 3. The molecule has 2 atom stereocenters. The lowest BCUT2D eigenvalue weighted by Gasteiger charge is -2.43. The quantitative estimate of drug-likeness (QED) is 0.321. The number of benzene rings is 3. The van der Waals surface area contributed by atoms with Crippen molar-refractivity contribution < 1.29 is 19.5 Å². The highest BCUT2D eigenvalue weighted by molar-refractivity contribution is 6.30. The number of hydrogen-bond acceptors (Lipinski definition) is 3. The van der Waals surface area contributed by atoms with Gasteiger partial charge in [-0.3, -0.25) is 14.4 Å². The summed E-state index contributed by atoms with van der Waals surface area (Å²) < 4.78 is 0. The van der Waals surface area contributed by atoms with Gasteiger partial charge in [0.25, 0.3) is 5.91 Å². The van der Waals surface area contributed by atoms with Crippen LogP contribution >= 0.6 is 11.6 Å². The molecule has 4 rings (SSSR count). The maximum Gasteiger partial charge on any atom is 0.309 e. The van der Waals surface area contributed by atoms with E-state index >= 15 is 0 Å². The molecular weight excluding hydrogens is 512 g/mol. The summed E-state index contributed by atoms with van der Waals surface area (Å²) in [5.41, 5.74) is 3.39. The molecule has 1 heterocycles. The van der Waals surface area contributed by atoms with Crippen LogP contribution in [0, 0.1) is 5.41 Å². The van der Waals surface area contributed by atoms with Gasteiger partial charge in [0, 0.05) is 34.9 Å². The zero-order valence-electron chi connectivity index (χ0n) is 22.9. The van der Waals surface area contributed by atoms with Crippen molar-refractivity contribution in [1.29, 1.82) is 0 Å². The fraction of sp³-hybridized carbons (Fsp3) is 0.344. The Bertz CT molecular complexity index is 1350. The average molecular weight is 547 g/mol. The molecule has 39 heavy (non-hydrogen) atoms. The molecule has 1 N–H and O–H groups in total. The number of rotatable bonds is 8. The minimum Gasteiger partial charge on any atom is -0.481 e. The van der Waals surface area contributed by atoms with Crippen molar-refractivity contribution in [3.8, 4) is 0 Å². The lowest BCUT2D eigenvalue weighted by molar-refractivity contribution is -0.147. The molecule has 0 saturated carbocycles. The maximum absolute atomic E-state index is 13.8. The van der Waals surface area contributed by atoms with Crippen molar-refractivity contribution >= 4 is 40.8 Å². The summed E-state index contributed by atoms with van der Waals surface area (Å²) in [5.74, 6) is -0.958. The smallest absolute Gasteiger partial charge is 0.309 e.